The van der Waals surface area contributed by atoms with Gasteiger partial charge in [0, 0.05) is 32.7 Å². The van der Waals surface area contributed by atoms with Crippen LogP contribution in [0.4, 0.5) is 0 Å². The highest BCUT2D eigenvalue weighted by Gasteiger charge is 2.19. The molecule has 0 aliphatic carbocycles. The van der Waals surface area contributed by atoms with Crippen molar-refractivity contribution in [3.05, 3.63) is 29.5 Å². The summed E-state index contributed by atoms with van der Waals surface area (Å²) in [5.74, 6) is 2.14. The van der Waals surface area contributed by atoms with Gasteiger partial charge in [-0.1, -0.05) is 6.07 Å². The fourth-order valence-electron chi connectivity index (χ4n) is 2.72. The van der Waals surface area contributed by atoms with Crippen molar-refractivity contribution < 1.29 is 9.15 Å². The first-order chi connectivity index (χ1) is 11.8. The van der Waals surface area contributed by atoms with Crippen molar-refractivity contribution in [3.8, 4) is 10.8 Å². The van der Waals surface area contributed by atoms with Crippen LogP contribution in [-0.2, 0) is 11.3 Å². The van der Waals surface area contributed by atoms with Crippen LogP contribution in [0.25, 0.3) is 10.8 Å². The maximum atomic E-state index is 5.55. The molecule has 0 bridgehead atoms. The number of hydrogen-bond donors (Lipinski definition) is 1. The van der Waals surface area contributed by atoms with Gasteiger partial charge in [-0.2, -0.15) is 0 Å². The number of nitrogens with one attached hydrogen (secondary N) is 1. The van der Waals surface area contributed by atoms with E-state index in [0.717, 1.165) is 49.3 Å². The van der Waals surface area contributed by atoms with E-state index >= 15 is 0 Å². The topological polar surface area (TPSA) is 62.9 Å². The molecule has 0 spiro atoms. The Bertz CT molecular complexity index is 647. The molecule has 3 heterocycles. The highest BCUT2D eigenvalue weighted by Crippen LogP contribution is 2.23. The first-order valence-electron chi connectivity index (χ1n) is 8.31. The molecule has 3 rings (SSSR count). The predicted molar refractivity (Wildman–Crippen MR) is 96.2 cm³/mol. The molecule has 0 aromatic carbocycles. The molecular weight excluding hydrogens is 324 g/mol. The zero-order chi connectivity index (χ0) is 16.8. The smallest absolute Gasteiger partial charge is 0.236 e. The van der Waals surface area contributed by atoms with Crippen LogP contribution in [0.1, 0.15) is 19.0 Å². The first kappa shape index (κ1) is 17.0. The van der Waals surface area contributed by atoms with Gasteiger partial charge in [0.15, 0.2) is 5.96 Å². The molecule has 1 N–H and O–H groups in total. The monoisotopic (exact) mass is 348 g/mol. The Kier molecular flexibility index (Phi) is 5.87. The highest BCUT2D eigenvalue weighted by molar-refractivity contribution is 7.13. The molecule has 2 aromatic rings. The van der Waals surface area contributed by atoms with Crippen LogP contribution in [0.15, 0.2) is 33.2 Å². The molecule has 130 valence electrons. The summed E-state index contributed by atoms with van der Waals surface area (Å²) in [4.78, 5) is 12.4. The Morgan fingerprint density at radius 1 is 1.54 bits per heavy atom. The number of aliphatic imine (C=N–C) groups is 1. The van der Waals surface area contributed by atoms with Gasteiger partial charge in [-0.05, 0) is 24.8 Å². The minimum atomic E-state index is 0.503. The molecule has 1 fully saturated rings. The molecule has 0 amide bonds. The van der Waals surface area contributed by atoms with E-state index in [1.165, 1.54) is 0 Å². The molecule has 1 aliphatic rings. The number of ether oxygens (including phenoxy) is 1. The molecule has 1 unspecified atom stereocenters. The van der Waals surface area contributed by atoms with Crippen molar-refractivity contribution in [3.63, 3.8) is 0 Å². The predicted octanol–water partition coefficient (Wildman–Crippen LogP) is 2.84. The molecule has 0 radical (unpaired) electrons. The molecule has 1 saturated heterocycles. The van der Waals surface area contributed by atoms with Crippen molar-refractivity contribution in [2.75, 3.05) is 33.4 Å². The number of rotatable bonds is 6. The van der Waals surface area contributed by atoms with Crippen molar-refractivity contribution in [1.29, 1.82) is 0 Å². The number of thiophene rings is 1. The van der Waals surface area contributed by atoms with E-state index in [4.69, 9.17) is 14.1 Å². The van der Waals surface area contributed by atoms with E-state index in [9.17, 15) is 0 Å². The maximum absolute atomic E-state index is 5.55. The van der Waals surface area contributed by atoms with Gasteiger partial charge < -0.3 is 19.4 Å². The lowest BCUT2D eigenvalue weighted by molar-refractivity contribution is 0.181. The summed E-state index contributed by atoms with van der Waals surface area (Å²) < 4.78 is 11.0. The number of nitrogens with zero attached hydrogens (tertiary/aromatic N) is 3. The third kappa shape index (κ3) is 4.36. The maximum Gasteiger partial charge on any atom is 0.236 e. The van der Waals surface area contributed by atoms with Gasteiger partial charge in [0.25, 0.3) is 0 Å². The van der Waals surface area contributed by atoms with Gasteiger partial charge >= 0.3 is 0 Å². The van der Waals surface area contributed by atoms with Gasteiger partial charge in [-0.3, -0.25) is 0 Å². The van der Waals surface area contributed by atoms with Crippen molar-refractivity contribution in [2.45, 2.75) is 19.9 Å². The third-order valence-electron chi connectivity index (χ3n) is 3.93. The summed E-state index contributed by atoms with van der Waals surface area (Å²) in [6.07, 6.45) is 2.81. The molecule has 0 saturated carbocycles. The van der Waals surface area contributed by atoms with E-state index in [2.05, 4.69) is 29.2 Å². The highest BCUT2D eigenvalue weighted by atomic mass is 32.1. The van der Waals surface area contributed by atoms with Crippen LogP contribution >= 0.6 is 11.3 Å². The summed E-state index contributed by atoms with van der Waals surface area (Å²) >= 11 is 1.62. The van der Waals surface area contributed by atoms with Crippen molar-refractivity contribution >= 4 is 17.3 Å². The average Bonchev–Trinajstić information content (AvgIpc) is 3.32. The Labute approximate surface area is 146 Å². The molecule has 1 aliphatic heterocycles. The fraction of sp³-hybridized carbons (Fsp3) is 0.529. The van der Waals surface area contributed by atoms with E-state index in [-0.39, 0.29) is 0 Å². The number of guanidine groups is 1. The van der Waals surface area contributed by atoms with Crippen LogP contribution in [0, 0.1) is 5.92 Å². The number of hydrogen-bond acceptors (Lipinski definition) is 5. The largest absolute Gasteiger partial charge is 0.443 e. The second-order valence-corrected chi connectivity index (χ2v) is 6.85. The first-order valence-corrected chi connectivity index (χ1v) is 9.19. The minimum Gasteiger partial charge on any atom is -0.443 e. The van der Waals surface area contributed by atoms with E-state index in [1.807, 2.05) is 17.5 Å². The molecule has 24 heavy (non-hydrogen) atoms. The summed E-state index contributed by atoms with van der Waals surface area (Å²) in [7, 11) is 2.07. The van der Waals surface area contributed by atoms with Gasteiger partial charge in [0.05, 0.1) is 18.0 Å². The third-order valence-corrected chi connectivity index (χ3v) is 4.78. The quantitative estimate of drug-likeness (QED) is 0.642. The Balaban J connectivity index is 1.62. The zero-order valence-electron chi connectivity index (χ0n) is 14.2. The molecule has 6 nitrogen and oxygen atoms in total. The lowest BCUT2D eigenvalue weighted by Crippen LogP contribution is -2.41. The Morgan fingerprint density at radius 2 is 2.46 bits per heavy atom. The van der Waals surface area contributed by atoms with Gasteiger partial charge in [-0.15, -0.1) is 11.3 Å². The van der Waals surface area contributed by atoms with Crippen LogP contribution < -0.4 is 5.32 Å². The van der Waals surface area contributed by atoms with E-state index in [0.29, 0.717) is 18.4 Å². The summed E-state index contributed by atoms with van der Waals surface area (Å²) in [5.41, 5.74) is 0.839. The SMILES string of the molecule is CCNC(=NCc1coc(-c2cccs2)n1)N(C)CC1CCOC1. The Hall–Kier alpha value is -1.86. The standard InChI is InChI=1S/C17H24N4O2S/c1-3-18-17(21(2)10-13-6-7-22-11-13)19-9-14-12-23-16(20-14)15-5-4-8-24-15/h4-5,8,12-13H,3,6-7,9-11H2,1-2H3,(H,18,19). The van der Waals surface area contributed by atoms with E-state index < -0.39 is 0 Å². The molecule has 2 aromatic heterocycles. The second kappa shape index (κ2) is 8.30. The van der Waals surface area contributed by atoms with Crippen LogP contribution in [-0.4, -0.2) is 49.2 Å². The van der Waals surface area contributed by atoms with Gasteiger partial charge in [0.1, 0.15) is 12.0 Å². The number of aromatic nitrogens is 1. The average molecular weight is 348 g/mol. The molecule has 1 atom stereocenters. The van der Waals surface area contributed by atoms with Crippen molar-refractivity contribution in [2.24, 2.45) is 10.9 Å². The Morgan fingerprint density at radius 3 is 3.17 bits per heavy atom. The molecule has 7 heteroatoms. The van der Waals surface area contributed by atoms with Gasteiger partial charge in [-0.25, -0.2) is 9.98 Å². The van der Waals surface area contributed by atoms with Gasteiger partial charge in [0.2, 0.25) is 5.89 Å². The van der Waals surface area contributed by atoms with Crippen LogP contribution in [0.5, 0.6) is 0 Å². The zero-order valence-corrected chi connectivity index (χ0v) is 15.0. The van der Waals surface area contributed by atoms with Crippen LogP contribution in [0.2, 0.25) is 0 Å². The lowest BCUT2D eigenvalue weighted by atomic mass is 10.1. The molecular formula is C17H24N4O2S. The lowest BCUT2D eigenvalue weighted by Gasteiger charge is -2.24. The summed E-state index contributed by atoms with van der Waals surface area (Å²) in [6, 6.07) is 4.00. The van der Waals surface area contributed by atoms with Crippen LogP contribution in [0.3, 0.4) is 0 Å². The summed E-state index contributed by atoms with van der Waals surface area (Å²) in [5, 5.41) is 5.36. The summed E-state index contributed by atoms with van der Waals surface area (Å²) in [6.45, 7) is 6.08. The van der Waals surface area contributed by atoms with Crippen molar-refractivity contribution in [1.82, 2.24) is 15.2 Å². The van der Waals surface area contributed by atoms with E-state index in [1.54, 1.807) is 17.6 Å². The minimum absolute atomic E-state index is 0.503. The second-order valence-electron chi connectivity index (χ2n) is 5.90. The normalized spacial score (nSPS) is 18.1. The fourth-order valence-corrected chi connectivity index (χ4v) is 3.38. The number of oxazole rings is 1.